The molecule has 0 saturated carbocycles. The molecule has 3 rings (SSSR count). The van der Waals surface area contributed by atoms with Gasteiger partial charge in [0.1, 0.15) is 6.10 Å². The highest BCUT2D eigenvalue weighted by molar-refractivity contribution is 5.95. The average molecular weight is 429 g/mol. The minimum Gasteiger partial charge on any atom is -0.493 e. The maximum Gasteiger partial charge on any atom is 0.251 e. The Morgan fingerprint density at radius 1 is 1.19 bits per heavy atom. The lowest BCUT2D eigenvalue weighted by molar-refractivity contribution is -0.130. The van der Waals surface area contributed by atoms with Crippen LogP contribution in [0.1, 0.15) is 48.4 Å². The summed E-state index contributed by atoms with van der Waals surface area (Å²) in [6.45, 7) is 9.44. The third kappa shape index (κ3) is 5.77. The van der Waals surface area contributed by atoms with E-state index in [1.54, 1.807) is 32.2 Å². The van der Waals surface area contributed by atoms with Crippen LogP contribution in [0, 0.1) is 13.8 Å². The van der Waals surface area contributed by atoms with E-state index in [2.05, 4.69) is 10.4 Å². The molecule has 8 nitrogen and oxygen atoms in total. The number of rotatable bonds is 7. The molecule has 1 saturated heterocycles. The van der Waals surface area contributed by atoms with Gasteiger partial charge in [-0.2, -0.15) is 5.10 Å². The number of methoxy groups -OCH3 is 1. The Morgan fingerprint density at radius 2 is 1.90 bits per heavy atom. The van der Waals surface area contributed by atoms with E-state index in [0.717, 1.165) is 24.2 Å². The Labute approximate surface area is 183 Å². The van der Waals surface area contributed by atoms with Crippen LogP contribution in [0.2, 0.25) is 0 Å². The summed E-state index contributed by atoms with van der Waals surface area (Å²) in [6.07, 6.45) is 1.48. The first kappa shape index (κ1) is 22.7. The highest BCUT2D eigenvalue weighted by Crippen LogP contribution is 2.31. The van der Waals surface area contributed by atoms with Crippen molar-refractivity contribution >= 4 is 11.8 Å². The molecule has 2 heterocycles. The molecule has 31 heavy (non-hydrogen) atoms. The van der Waals surface area contributed by atoms with Gasteiger partial charge in [-0.1, -0.05) is 0 Å². The molecule has 8 heteroatoms. The maximum absolute atomic E-state index is 12.8. The second kappa shape index (κ2) is 9.85. The molecule has 1 aromatic carbocycles. The molecule has 1 fully saturated rings. The van der Waals surface area contributed by atoms with Crippen LogP contribution < -0.4 is 14.8 Å². The summed E-state index contributed by atoms with van der Waals surface area (Å²) in [5.74, 6) is 1.04. The van der Waals surface area contributed by atoms with Gasteiger partial charge < -0.3 is 19.7 Å². The zero-order chi connectivity index (χ0) is 22.5. The van der Waals surface area contributed by atoms with Crippen molar-refractivity contribution < 1.29 is 19.1 Å². The Morgan fingerprint density at radius 3 is 2.48 bits per heavy atom. The van der Waals surface area contributed by atoms with E-state index in [-0.39, 0.29) is 24.0 Å². The summed E-state index contributed by atoms with van der Waals surface area (Å²) < 4.78 is 13.5. The Kier molecular flexibility index (Phi) is 7.20. The topological polar surface area (TPSA) is 85.7 Å². The quantitative estimate of drug-likeness (QED) is 0.733. The second-order valence-corrected chi connectivity index (χ2v) is 8.17. The Bertz CT molecular complexity index is 932. The number of benzene rings is 1. The number of carbonyl (C=O) groups is 2. The fraction of sp³-hybridized carbons (Fsp3) is 0.522. The standard InChI is InChI=1S/C23H32N4O4/c1-15-12-17(3)27(25-15)14-16(2)24-23(29)19-6-7-21(30-5)22(13-19)31-20-8-10-26(11-9-20)18(4)28/h6-7,12-13,16,20H,8-11,14H2,1-5H3,(H,24,29)/t16-/m0/s1. The number of piperidine rings is 1. The van der Waals surface area contributed by atoms with Crippen LogP contribution in [0.5, 0.6) is 11.5 Å². The lowest BCUT2D eigenvalue weighted by atomic mass is 10.1. The minimum absolute atomic E-state index is 0.0206. The SMILES string of the molecule is COc1ccc(C(=O)N[C@@H](C)Cn2nc(C)cc2C)cc1OC1CCN(C(C)=O)CC1. The minimum atomic E-state index is -0.173. The van der Waals surface area contributed by atoms with Crippen LogP contribution in [-0.2, 0) is 11.3 Å². The Hall–Kier alpha value is -3.03. The molecule has 2 aromatic rings. The lowest BCUT2D eigenvalue weighted by Gasteiger charge is -2.31. The molecule has 168 valence electrons. The zero-order valence-electron chi connectivity index (χ0n) is 19.0. The number of aryl methyl sites for hydroxylation is 2. The predicted octanol–water partition coefficient (Wildman–Crippen LogP) is 2.72. The molecule has 1 aromatic heterocycles. The maximum atomic E-state index is 12.8. The van der Waals surface area contributed by atoms with Crippen LogP contribution in [0.15, 0.2) is 24.3 Å². The van der Waals surface area contributed by atoms with Crippen LogP contribution in [0.4, 0.5) is 0 Å². The van der Waals surface area contributed by atoms with E-state index < -0.39 is 0 Å². The molecule has 1 aliphatic heterocycles. The molecular weight excluding hydrogens is 396 g/mol. The summed E-state index contributed by atoms with van der Waals surface area (Å²) in [6, 6.07) is 7.13. The third-order valence-electron chi connectivity index (χ3n) is 5.53. The number of nitrogens with zero attached hydrogens (tertiary/aromatic N) is 3. The predicted molar refractivity (Wildman–Crippen MR) is 118 cm³/mol. The molecular formula is C23H32N4O4. The van der Waals surface area contributed by atoms with Crippen molar-refractivity contribution in [1.82, 2.24) is 20.0 Å². The molecule has 0 unspecified atom stereocenters. The van der Waals surface area contributed by atoms with Crippen LogP contribution in [0.3, 0.4) is 0 Å². The lowest BCUT2D eigenvalue weighted by Crippen LogP contribution is -2.40. The summed E-state index contributed by atoms with van der Waals surface area (Å²) in [5, 5.41) is 7.48. The molecule has 0 radical (unpaired) electrons. The fourth-order valence-electron chi connectivity index (χ4n) is 3.85. The number of amides is 2. The van der Waals surface area contributed by atoms with Gasteiger partial charge in [-0.25, -0.2) is 0 Å². The number of likely N-dealkylation sites (tertiary alicyclic amines) is 1. The summed E-state index contributed by atoms with van der Waals surface area (Å²) in [7, 11) is 1.58. The molecule has 0 bridgehead atoms. The molecule has 1 aliphatic rings. The number of aromatic nitrogens is 2. The number of ether oxygens (including phenoxy) is 2. The van der Waals surface area contributed by atoms with Gasteiger partial charge in [-0.05, 0) is 45.0 Å². The van der Waals surface area contributed by atoms with Crippen molar-refractivity contribution in [2.24, 2.45) is 0 Å². The van der Waals surface area contributed by atoms with Gasteiger partial charge in [0, 0.05) is 50.2 Å². The summed E-state index contributed by atoms with van der Waals surface area (Å²) >= 11 is 0. The van der Waals surface area contributed by atoms with Crippen molar-refractivity contribution in [3.8, 4) is 11.5 Å². The van der Waals surface area contributed by atoms with Crippen molar-refractivity contribution in [3.05, 3.63) is 41.2 Å². The van der Waals surface area contributed by atoms with E-state index in [9.17, 15) is 9.59 Å². The average Bonchev–Trinajstić information content (AvgIpc) is 3.04. The third-order valence-corrected chi connectivity index (χ3v) is 5.53. The zero-order valence-corrected chi connectivity index (χ0v) is 19.0. The largest absolute Gasteiger partial charge is 0.493 e. The molecule has 0 aliphatic carbocycles. The van der Waals surface area contributed by atoms with Crippen molar-refractivity contribution in [1.29, 1.82) is 0 Å². The molecule has 1 N–H and O–H groups in total. The highest BCUT2D eigenvalue weighted by Gasteiger charge is 2.23. The monoisotopic (exact) mass is 428 g/mol. The van der Waals surface area contributed by atoms with E-state index in [0.29, 0.717) is 36.7 Å². The van der Waals surface area contributed by atoms with Gasteiger partial charge in [-0.15, -0.1) is 0 Å². The summed E-state index contributed by atoms with van der Waals surface area (Å²) in [5.41, 5.74) is 2.54. The van der Waals surface area contributed by atoms with E-state index in [4.69, 9.17) is 9.47 Å². The van der Waals surface area contributed by atoms with Crippen LogP contribution in [-0.4, -0.2) is 58.8 Å². The number of hydrogen-bond acceptors (Lipinski definition) is 5. The van der Waals surface area contributed by atoms with Gasteiger partial charge in [-0.3, -0.25) is 14.3 Å². The smallest absolute Gasteiger partial charge is 0.251 e. The van der Waals surface area contributed by atoms with E-state index in [1.807, 2.05) is 36.4 Å². The number of carbonyl (C=O) groups excluding carboxylic acids is 2. The first-order chi connectivity index (χ1) is 14.8. The molecule has 0 spiro atoms. The van der Waals surface area contributed by atoms with Crippen LogP contribution >= 0.6 is 0 Å². The summed E-state index contributed by atoms with van der Waals surface area (Å²) in [4.78, 5) is 26.2. The van der Waals surface area contributed by atoms with Gasteiger partial charge in [0.05, 0.1) is 19.3 Å². The van der Waals surface area contributed by atoms with Crippen LogP contribution in [0.25, 0.3) is 0 Å². The van der Waals surface area contributed by atoms with Gasteiger partial charge in [0.15, 0.2) is 11.5 Å². The van der Waals surface area contributed by atoms with Gasteiger partial charge in [0.25, 0.3) is 5.91 Å². The molecule has 2 amide bonds. The van der Waals surface area contributed by atoms with E-state index >= 15 is 0 Å². The fourth-order valence-corrected chi connectivity index (χ4v) is 3.85. The highest BCUT2D eigenvalue weighted by atomic mass is 16.5. The van der Waals surface area contributed by atoms with Gasteiger partial charge in [0.2, 0.25) is 5.91 Å². The first-order valence-corrected chi connectivity index (χ1v) is 10.7. The first-order valence-electron chi connectivity index (χ1n) is 10.7. The number of hydrogen-bond donors (Lipinski definition) is 1. The van der Waals surface area contributed by atoms with Crippen molar-refractivity contribution in [2.75, 3.05) is 20.2 Å². The van der Waals surface area contributed by atoms with Gasteiger partial charge >= 0.3 is 0 Å². The number of nitrogens with one attached hydrogen (secondary N) is 1. The van der Waals surface area contributed by atoms with E-state index in [1.165, 1.54) is 0 Å². The van der Waals surface area contributed by atoms with Crippen molar-refractivity contribution in [2.45, 2.75) is 59.2 Å². The normalized spacial score (nSPS) is 15.5. The Balaban J connectivity index is 1.64. The molecule has 1 atom stereocenters. The van der Waals surface area contributed by atoms with Crippen molar-refractivity contribution in [3.63, 3.8) is 0 Å². The second-order valence-electron chi connectivity index (χ2n) is 8.17.